The van der Waals surface area contributed by atoms with Crippen LogP contribution in [0.25, 0.3) is 0 Å². The topological polar surface area (TPSA) is 56.8 Å². The van der Waals surface area contributed by atoms with E-state index in [9.17, 15) is 4.79 Å². The summed E-state index contributed by atoms with van der Waals surface area (Å²) in [5, 5.41) is 6.54. The summed E-state index contributed by atoms with van der Waals surface area (Å²) in [5.41, 5.74) is 0. The van der Waals surface area contributed by atoms with E-state index >= 15 is 0 Å². The number of nitrogens with one attached hydrogen (secondary N) is 2. The second kappa shape index (κ2) is 8.08. The third kappa shape index (κ3) is 4.64. The lowest BCUT2D eigenvalue weighted by Crippen LogP contribution is -2.55. The van der Waals surface area contributed by atoms with E-state index in [0.717, 1.165) is 39.1 Å². The van der Waals surface area contributed by atoms with Gasteiger partial charge >= 0.3 is 0 Å². The van der Waals surface area contributed by atoms with Crippen molar-refractivity contribution in [2.45, 2.75) is 25.4 Å². The fraction of sp³-hybridized carbons (Fsp3) is 0.933. The molecule has 0 aliphatic carbocycles. The molecule has 0 aromatic carbocycles. The first-order chi connectivity index (χ1) is 10.1. The average Bonchev–Trinajstić information content (AvgIpc) is 2.94. The van der Waals surface area contributed by atoms with Crippen LogP contribution in [0.5, 0.6) is 0 Å². The predicted octanol–water partition coefficient (Wildman–Crippen LogP) is -0.637. The monoisotopic (exact) mass is 298 g/mol. The van der Waals surface area contributed by atoms with Gasteiger partial charge in [-0.3, -0.25) is 9.69 Å². The van der Waals surface area contributed by atoms with Gasteiger partial charge in [-0.05, 0) is 27.1 Å². The third-order valence-corrected chi connectivity index (χ3v) is 4.57. The summed E-state index contributed by atoms with van der Waals surface area (Å²) in [6.45, 7) is 8.13. The molecule has 6 nitrogen and oxygen atoms in total. The van der Waals surface area contributed by atoms with Gasteiger partial charge in [-0.25, -0.2) is 0 Å². The summed E-state index contributed by atoms with van der Waals surface area (Å²) < 4.78 is 5.48. The van der Waals surface area contributed by atoms with Gasteiger partial charge in [0.15, 0.2) is 0 Å². The second-order valence-electron chi connectivity index (χ2n) is 6.35. The maximum Gasteiger partial charge on any atom is 0.227 e. The SMILES string of the molecule is CCCNC1COCC1C(=O)NCC1CN(C)CCN1C. The molecule has 2 fully saturated rings. The second-order valence-corrected chi connectivity index (χ2v) is 6.35. The Morgan fingerprint density at radius 1 is 1.29 bits per heavy atom. The smallest absolute Gasteiger partial charge is 0.227 e. The number of hydrogen-bond acceptors (Lipinski definition) is 5. The van der Waals surface area contributed by atoms with Gasteiger partial charge in [0.2, 0.25) is 5.91 Å². The number of ether oxygens (including phenoxy) is 1. The van der Waals surface area contributed by atoms with Crippen molar-refractivity contribution in [3.05, 3.63) is 0 Å². The molecule has 21 heavy (non-hydrogen) atoms. The maximum absolute atomic E-state index is 12.4. The van der Waals surface area contributed by atoms with Crippen molar-refractivity contribution in [2.24, 2.45) is 5.92 Å². The van der Waals surface area contributed by atoms with E-state index in [1.807, 2.05) is 0 Å². The largest absolute Gasteiger partial charge is 0.379 e. The lowest BCUT2D eigenvalue weighted by molar-refractivity contribution is -0.125. The Hall–Kier alpha value is -0.690. The molecule has 0 aromatic heterocycles. The van der Waals surface area contributed by atoms with E-state index in [0.29, 0.717) is 19.3 Å². The number of rotatable bonds is 6. The number of carbonyl (C=O) groups is 1. The van der Waals surface area contributed by atoms with E-state index in [4.69, 9.17) is 4.74 Å². The fourth-order valence-electron chi connectivity index (χ4n) is 3.01. The highest BCUT2D eigenvalue weighted by atomic mass is 16.5. The summed E-state index contributed by atoms with van der Waals surface area (Å²) in [6.07, 6.45) is 1.07. The Balaban J connectivity index is 1.78. The summed E-state index contributed by atoms with van der Waals surface area (Å²) in [5.74, 6) is 0.0749. The van der Waals surface area contributed by atoms with Gasteiger partial charge < -0.3 is 20.3 Å². The number of nitrogens with zero attached hydrogens (tertiary/aromatic N) is 2. The van der Waals surface area contributed by atoms with Crippen LogP contribution in [-0.2, 0) is 9.53 Å². The minimum atomic E-state index is -0.0526. The highest BCUT2D eigenvalue weighted by molar-refractivity contribution is 5.79. The van der Waals surface area contributed by atoms with Crippen LogP contribution in [-0.4, -0.2) is 87.8 Å². The van der Waals surface area contributed by atoms with Crippen LogP contribution in [0, 0.1) is 5.92 Å². The molecular formula is C15H30N4O2. The first kappa shape index (κ1) is 16.7. The van der Waals surface area contributed by atoms with E-state index < -0.39 is 0 Å². The Morgan fingerprint density at radius 2 is 2.10 bits per heavy atom. The van der Waals surface area contributed by atoms with Crippen molar-refractivity contribution in [3.8, 4) is 0 Å². The highest BCUT2D eigenvalue weighted by Crippen LogP contribution is 2.14. The number of hydrogen-bond donors (Lipinski definition) is 2. The summed E-state index contributed by atoms with van der Waals surface area (Å²) in [6, 6.07) is 0.564. The van der Waals surface area contributed by atoms with Gasteiger partial charge in [-0.15, -0.1) is 0 Å². The van der Waals surface area contributed by atoms with Crippen LogP contribution >= 0.6 is 0 Å². The quantitative estimate of drug-likeness (QED) is 0.683. The summed E-state index contributed by atoms with van der Waals surface area (Å²) in [7, 11) is 4.27. The standard InChI is InChI=1S/C15H30N4O2/c1-4-5-16-14-11-21-10-13(14)15(20)17-8-12-9-18(2)6-7-19(12)3/h12-14,16H,4-11H2,1-3H3,(H,17,20). The lowest BCUT2D eigenvalue weighted by atomic mass is 10.0. The van der Waals surface area contributed by atoms with E-state index in [1.165, 1.54) is 0 Å². The van der Waals surface area contributed by atoms with Gasteiger partial charge in [0.25, 0.3) is 0 Å². The zero-order valence-corrected chi connectivity index (χ0v) is 13.6. The molecule has 0 spiro atoms. The highest BCUT2D eigenvalue weighted by Gasteiger charge is 2.34. The van der Waals surface area contributed by atoms with Crippen molar-refractivity contribution in [2.75, 3.05) is 60.0 Å². The normalized spacial score (nSPS) is 31.5. The molecule has 122 valence electrons. The van der Waals surface area contributed by atoms with Crippen molar-refractivity contribution < 1.29 is 9.53 Å². The van der Waals surface area contributed by atoms with E-state index in [1.54, 1.807) is 0 Å². The first-order valence-electron chi connectivity index (χ1n) is 8.09. The van der Waals surface area contributed by atoms with Crippen molar-refractivity contribution >= 4 is 5.91 Å². The van der Waals surface area contributed by atoms with E-state index in [-0.39, 0.29) is 17.9 Å². The van der Waals surface area contributed by atoms with Crippen molar-refractivity contribution in [1.82, 2.24) is 20.4 Å². The summed E-state index contributed by atoms with van der Waals surface area (Å²) in [4.78, 5) is 17.0. The van der Waals surface area contributed by atoms with Gasteiger partial charge in [0.05, 0.1) is 19.1 Å². The Morgan fingerprint density at radius 3 is 2.86 bits per heavy atom. The number of piperazine rings is 1. The molecule has 2 aliphatic heterocycles. The minimum Gasteiger partial charge on any atom is -0.379 e. The summed E-state index contributed by atoms with van der Waals surface area (Å²) >= 11 is 0. The minimum absolute atomic E-state index is 0.0526. The van der Waals surface area contributed by atoms with Crippen LogP contribution in [0.4, 0.5) is 0 Å². The van der Waals surface area contributed by atoms with Crippen LogP contribution in [0.3, 0.4) is 0 Å². The fourth-order valence-corrected chi connectivity index (χ4v) is 3.01. The van der Waals surface area contributed by atoms with Gasteiger partial charge in [0.1, 0.15) is 0 Å². The van der Waals surface area contributed by atoms with Gasteiger partial charge in [-0.1, -0.05) is 6.92 Å². The van der Waals surface area contributed by atoms with Crippen molar-refractivity contribution in [1.29, 1.82) is 0 Å². The van der Waals surface area contributed by atoms with Crippen LogP contribution in [0.1, 0.15) is 13.3 Å². The Labute approximate surface area is 128 Å². The average molecular weight is 298 g/mol. The predicted molar refractivity (Wildman–Crippen MR) is 83.3 cm³/mol. The number of amides is 1. The molecule has 1 amide bonds. The van der Waals surface area contributed by atoms with Gasteiger partial charge in [0, 0.05) is 38.3 Å². The molecule has 6 heteroatoms. The first-order valence-corrected chi connectivity index (χ1v) is 8.09. The molecule has 2 heterocycles. The number of carbonyl (C=O) groups excluding carboxylic acids is 1. The maximum atomic E-state index is 12.4. The lowest BCUT2D eigenvalue weighted by Gasteiger charge is -2.37. The van der Waals surface area contributed by atoms with Crippen molar-refractivity contribution in [3.63, 3.8) is 0 Å². The van der Waals surface area contributed by atoms with Gasteiger partial charge in [-0.2, -0.15) is 0 Å². The van der Waals surface area contributed by atoms with Crippen LogP contribution < -0.4 is 10.6 Å². The third-order valence-electron chi connectivity index (χ3n) is 4.57. The molecule has 3 atom stereocenters. The van der Waals surface area contributed by atoms with Crippen LogP contribution in [0.2, 0.25) is 0 Å². The Kier molecular flexibility index (Phi) is 6.41. The zero-order valence-electron chi connectivity index (χ0n) is 13.6. The molecule has 3 unspecified atom stereocenters. The van der Waals surface area contributed by atoms with Crippen LogP contribution in [0.15, 0.2) is 0 Å². The number of likely N-dealkylation sites (N-methyl/N-ethyl adjacent to an activating group) is 2. The zero-order chi connectivity index (χ0) is 15.2. The molecule has 0 aromatic rings. The Bertz CT molecular complexity index is 340. The molecule has 0 saturated carbocycles. The molecular weight excluding hydrogens is 268 g/mol. The molecule has 2 saturated heterocycles. The molecule has 0 bridgehead atoms. The molecule has 2 N–H and O–H groups in total. The van der Waals surface area contributed by atoms with E-state index in [2.05, 4.69) is 41.5 Å². The molecule has 0 radical (unpaired) electrons. The molecule has 2 rings (SSSR count). The molecule has 2 aliphatic rings.